The van der Waals surface area contributed by atoms with Crippen molar-refractivity contribution in [2.75, 3.05) is 192 Å². The lowest BCUT2D eigenvalue weighted by molar-refractivity contribution is 0.0977. The SMILES string of the molecule is CCN1C(=O)c2nc(C)sc2N(CC)c2nc(Nc3ccc(N4CCC(N5CCN(C)CC5)CC4)cc3C)ncc21.CCN1C(=O)c2nc(C)sc2N(CC)c2nc(Nc3ccc(N4CCC(O)CC4)cc3)ncc21.CCN1C(=O)c2nc(C)sc2N(CC)c2nc(Nc3ccc(N4CCN(C)CC4)cc3)ncc21. The van der Waals surface area contributed by atoms with Gasteiger partial charge in [0.05, 0.1) is 39.7 Å². The topological polar surface area (TPSA) is 262 Å². The predicted molar refractivity (Wildman–Crippen MR) is 442 cm³/mol. The maximum Gasteiger partial charge on any atom is 0.280 e. The molecule has 0 atom stereocenters. The van der Waals surface area contributed by atoms with Crippen molar-refractivity contribution >= 4 is 153 Å². The van der Waals surface area contributed by atoms with Gasteiger partial charge in [0.2, 0.25) is 17.8 Å². The van der Waals surface area contributed by atoms with E-state index in [4.69, 9.17) is 15.0 Å². The molecule has 9 aromatic rings. The first-order valence-electron chi connectivity index (χ1n) is 38.3. The number of amides is 3. The number of rotatable bonds is 16. The van der Waals surface area contributed by atoms with Crippen LogP contribution in [0.25, 0.3) is 0 Å². The first-order valence-corrected chi connectivity index (χ1v) is 40.7. The summed E-state index contributed by atoms with van der Waals surface area (Å²) in [6.07, 6.45) is 9.06. The Balaban J connectivity index is 0.000000137. The zero-order chi connectivity index (χ0) is 76.3. The van der Waals surface area contributed by atoms with Gasteiger partial charge < -0.3 is 75.0 Å². The quantitative estimate of drug-likeness (QED) is 0.0700. The van der Waals surface area contributed by atoms with Crippen LogP contribution in [0.1, 0.15) is 119 Å². The Labute approximate surface area is 650 Å². The summed E-state index contributed by atoms with van der Waals surface area (Å²) in [5, 5.41) is 24.9. The molecule has 16 rings (SSSR count). The minimum Gasteiger partial charge on any atom is -0.393 e. The number of aromatic nitrogens is 9. The summed E-state index contributed by atoms with van der Waals surface area (Å²) in [5.74, 6) is 3.28. The van der Waals surface area contributed by atoms with Crippen molar-refractivity contribution < 1.29 is 19.5 Å². The molecule has 4 N–H and O–H groups in total. The summed E-state index contributed by atoms with van der Waals surface area (Å²) in [5.41, 5.74) is 11.1. The third-order valence-electron chi connectivity index (χ3n) is 21.3. The Kier molecular flexibility index (Phi) is 23.2. The normalized spacial score (nSPS) is 17.3. The number of carbonyl (C=O) groups is 3. The van der Waals surface area contributed by atoms with E-state index >= 15 is 0 Å². The Hall–Kier alpha value is -9.76. The van der Waals surface area contributed by atoms with E-state index < -0.39 is 0 Å². The van der Waals surface area contributed by atoms with Crippen LogP contribution in [-0.4, -0.2) is 226 Å². The van der Waals surface area contributed by atoms with Crippen molar-refractivity contribution in [1.29, 1.82) is 0 Å². The third-order valence-corrected chi connectivity index (χ3v) is 24.3. The monoisotopic (exact) mass is 1530 g/mol. The standard InChI is InChI=1S/C30H41N9OS.C24H30N8OS.C24H29N7O2S/c1-6-38-25-19-31-30(34-27(25)39(7-2)29-26(28(38)40)32-21(4)41-29)33-24-9-8-23(18-20(24)3)36-12-10-22(11-13-36)37-16-14-35(5)15-17-37;1-5-31-19-15-25-24(27-17-7-9-18(10-8-17)30-13-11-29(4)12-14-30)28-21(19)32(6-2)23-20(22(31)33)26-16(3)34-23;1-4-30-19-14-25-24(27-16-6-8-17(9-7-16)29-12-10-18(32)11-13-29)28-21(19)31(5-2)23-20(22(30)33)26-15(3)34-23/h8-9,18-19,22H,6-7,10-17H2,1-5H3,(H,31,33,34);7-10,15H,5-6,11-14H2,1-4H3,(H,25,27,28);6-9,14,18,32H,4-5,10-13H2,1-3H3,(H,25,27,28). The number of hydrogen-bond acceptors (Lipinski definition) is 28. The van der Waals surface area contributed by atoms with E-state index in [1.807, 2.05) is 65.5 Å². The number of likely N-dealkylation sites (N-methyl/N-ethyl adjacent to an activating group) is 2. The summed E-state index contributed by atoms with van der Waals surface area (Å²) in [6, 6.07) is 23.9. The van der Waals surface area contributed by atoms with E-state index in [-0.39, 0.29) is 23.8 Å². The van der Waals surface area contributed by atoms with Crippen LogP contribution in [0, 0.1) is 27.7 Å². The number of anilines is 18. The first-order chi connectivity index (χ1) is 52.8. The van der Waals surface area contributed by atoms with Gasteiger partial charge in [0.1, 0.15) is 32.1 Å². The zero-order valence-electron chi connectivity index (χ0n) is 64.6. The van der Waals surface area contributed by atoms with Gasteiger partial charge in [-0.2, -0.15) is 15.0 Å². The summed E-state index contributed by atoms with van der Waals surface area (Å²) in [4.78, 5) is 108. The molecular weight excluding hydrogens is 1430 g/mol. The number of aliphatic hydroxyl groups excluding tert-OH is 1. The average molecular weight is 1530 g/mol. The second-order valence-corrected chi connectivity index (χ2v) is 31.8. The zero-order valence-corrected chi connectivity index (χ0v) is 67.0. The summed E-state index contributed by atoms with van der Waals surface area (Å²) < 4.78 is 0. The molecular formula is C78H100N24O4S3. The molecule has 0 aliphatic carbocycles. The molecule has 0 unspecified atom stereocenters. The number of fused-ring (bicyclic) bond motifs is 6. The van der Waals surface area contributed by atoms with Crippen LogP contribution < -0.4 is 60.0 Å². The molecule has 109 heavy (non-hydrogen) atoms. The predicted octanol–water partition coefficient (Wildman–Crippen LogP) is 12.6. The molecule has 7 aliphatic rings. The number of carbonyl (C=O) groups excluding carboxylic acids is 3. The number of nitrogens with zero attached hydrogens (tertiary/aromatic N) is 21. The highest BCUT2D eigenvalue weighted by Crippen LogP contribution is 2.46. The van der Waals surface area contributed by atoms with E-state index in [0.717, 1.165) is 129 Å². The van der Waals surface area contributed by atoms with Gasteiger partial charge in [0.25, 0.3) is 17.7 Å². The Bertz CT molecular complexity index is 4530. The number of hydrogen-bond donors (Lipinski definition) is 4. The lowest BCUT2D eigenvalue weighted by atomic mass is 10.0. The number of piperazine rings is 2. The summed E-state index contributed by atoms with van der Waals surface area (Å²) >= 11 is 4.56. The minimum atomic E-state index is -0.186. The van der Waals surface area contributed by atoms with Gasteiger partial charge in [-0.1, -0.05) is 0 Å². The molecule has 31 heteroatoms. The van der Waals surface area contributed by atoms with Crippen LogP contribution >= 0.6 is 34.0 Å². The highest BCUT2D eigenvalue weighted by atomic mass is 32.1. The highest BCUT2D eigenvalue weighted by Gasteiger charge is 2.39. The van der Waals surface area contributed by atoms with Crippen molar-refractivity contribution in [1.82, 2.24) is 59.6 Å². The van der Waals surface area contributed by atoms with Crippen LogP contribution in [0.4, 0.5) is 101 Å². The summed E-state index contributed by atoms with van der Waals surface area (Å²) in [7, 11) is 4.39. The largest absolute Gasteiger partial charge is 0.393 e. The van der Waals surface area contributed by atoms with Crippen molar-refractivity contribution in [3.05, 3.63) is 123 Å². The number of aryl methyl sites for hydroxylation is 4. The molecule has 28 nitrogen and oxygen atoms in total. The average Bonchev–Trinajstić information content (AvgIpc) is 1.63. The van der Waals surface area contributed by atoms with Crippen LogP contribution in [0.5, 0.6) is 0 Å². The maximum absolute atomic E-state index is 13.4. The lowest BCUT2D eigenvalue weighted by Gasteiger charge is -2.42. The van der Waals surface area contributed by atoms with Gasteiger partial charge >= 0.3 is 0 Å². The fourth-order valence-corrected chi connectivity index (χ4v) is 18.1. The van der Waals surface area contributed by atoms with Crippen LogP contribution in [0.3, 0.4) is 0 Å². The number of piperidine rings is 2. The number of thiazole rings is 3. The first kappa shape index (κ1) is 76.0. The van der Waals surface area contributed by atoms with E-state index in [1.54, 1.807) is 33.3 Å². The third kappa shape index (κ3) is 16.0. The molecule has 574 valence electrons. The molecule has 3 amide bonds. The lowest BCUT2D eigenvalue weighted by Crippen LogP contribution is -2.52. The molecule has 0 radical (unpaired) electrons. The Morgan fingerprint density at radius 2 is 0.743 bits per heavy atom. The molecule has 4 fully saturated rings. The van der Waals surface area contributed by atoms with Gasteiger partial charge in [-0.25, -0.2) is 29.9 Å². The Morgan fingerprint density at radius 1 is 0.404 bits per heavy atom. The molecule has 13 heterocycles. The Morgan fingerprint density at radius 3 is 1.12 bits per heavy atom. The fourth-order valence-electron chi connectivity index (χ4n) is 15.2. The van der Waals surface area contributed by atoms with E-state index in [0.29, 0.717) is 109 Å². The van der Waals surface area contributed by atoms with Crippen LogP contribution in [0.15, 0.2) is 85.3 Å². The van der Waals surface area contributed by atoms with Crippen molar-refractivity contribution in [2.45, 2.75) is 107 Å². The summed E-state index contributed by atoms with van der Waals surface area (Å²) in [6.45, 7) is 36.4. The number of aliphatic hydroxyl groups is 1. The number of benzene rings is 3. The second kappa shape index (κ2) is 33.2. The molecule has 0 spiro atoms. The highest BCUT2D eigenvalue weighted by molar-refractivity contribution is 7.17. The van der Waals surface area contributed by atoms with Crippen molar-refractivity contribution in [2.24, 2.45) is 0 Å². The molecule has 7 aliphatic heterocycles. The molecule has 4 saturated heterocycles. The smallest absolute Gasteiger partial charge is 0.280 e. The molecule has 0 saturated carbocycles. The molecule has 6 aromatic heterocycles. The van der Waals surface area contributed by atoms with Gasteiger partial charge in [-0.3, -0.25) is 19.3 Å². The molecule has 0 bridgehead atoms. The minimum absolute atomic E-state index is 0.104. The van der Waals surface area contributed by atoms with Crippen molar-refractivity contribution in [3.8, 4) is 0 Å². The van der Waals surface area contributed by atoms with Gasteiger partial charge in [-0.15, -0.1) is 34.0 Å². The van der Waals surface area contributed by atoms with Gasteiger partial charge in [-0.05, 0) is 181 Å². The van der Waals surface area contributed by atoms with Crippen molar-refractivity contribution in [3.63, 3.8) is 0 Å². The molecule has 3 aromatic carbocycles. The van der Waals surface area contributed by atoms with Crippen LogP contribution in [0.2, 0.25) is 0 Å². The second-order valence-electron chi connectivity index (χ2n) is 28.3. The maximum atomic E-state index is 13.4. The van der Waals surface area contributed by atoms with Gasteiger partial charge in [0.15, 0.2) is 34.5 Å². The van der Waals surface area contributed by atoms with Crippen LogP contribution in [-0.2, 0) is 0 Å². The van der Waals surface area contributed by atoms with E-state index in [2.05, 4.69) is 175 Å². The van der Waals surface area contributed by atoms with E-state index in [1.165, 1.54) is 84.4 Å². The number of nitrogens with one attached hydrogen (secondary N) is 3. The van der Waals surface area contributed by atoms with E-state index in [9.17, 15) is 19.5 Å². The fraction of sp³-hybridized carbons (Fsp3) is 0.462. The van der Waals surface area contributed by atoms with Gasteiger partial charge in [0, 0.05) is 158 Å².